The van der Waals surface area contributed by atoms with E-state index < -0.39 is 33.0 Å². The molecule has 0 spiro atoms. The smallest absolute Gasteiger partial charge is 0.307 e. The summed E-state index contributed by atoms with van der Waals surface area (Å²) in [7, 11) is -4.06. The third-order valence-electron chi connectivity index (χ3n) is 4.89. The van der Waals surface area contributed by atoms with E-state index >= 15 is 0 Å². The van der Waals surface area contributed by atoms with Gasteiger partial charge in [-0.1, -0.05) is 12.1 Å². The van der Waals surface area contributed by atoms with E-state index in [0.29, 0.717) is 0 Å². The molecular formula is C18H14F3N3O4S. The maximum atomic E-state index is 13.2. The highest BCUT2D eigenvalue weighted by Gasteiger charge is 2.37. The van der Waals surface area contributed by atoms with Gasteiger partial charge >= 0.3 is 11.9 Å². The van der Waals surface area contributed by atoms with Crippen LogP contribution in [0.2, 0.25) is 0 Å². The van der Waals surface area contributed by atoms with Gasteiger partial charge in [-0.05, 0) is 41.8 Å². The molecule has 3 aromatic rings. The Morgan fingerprint density at radius 2 is 1.79 bits per heavy atom. The second-order valence-corrected chi connectivity index (χ2v) is 8.58. The average molecular weight is 425 g/mol. The van der Waals surface area contributed by atoms with E-state index in [1.54, 1.807) is 0 Å². The number of hydrogen-bond acceptors (Lipinski definition) is 4. The van der Waals surface area contributed by atoms with Crippen LogP contribution in [0.15, 0.2) is 50.9 Å². The van der Waals surface area contributed by atoms with Crippen molar-refractivity contribution in [3.8, 4) is 0 Å². The van der Waals surface area contributed by atoms with Crippen LogP contribution in [0.4, 0.5) is 13.2 Å². The van der Waals surface area contributed by atoms with Crippen LogP contribution >= 0.6 is 0 Å². The molecule has 0 atom stereocenters. The number of H-pyrrole nitrogens is 2. The zero-order valence-electron chi connectivity index (χ0n) is 14.7. The predicted molar refractivity (Wildman–Crippen MR) is 97.9 cm³/mol. The van der Waals surface area contributed by atoms with Crippen molar-refractivity contribution in [2.75, 3.05) is 6.54 Å². The first kappa shape index (κ1) is 19.4. The molecule has 2 heterocycles. The number of halogens is 3. The molecule has 1 aliphatic heterocycles. The molecule has 0 amide bonds. The van der Waals surface area contributed by atoms with E-state index in [4.69, 9.17) is 0 Å². The molecule has 11 heteroatoms. The SMILES string of the molecule is O=c1[nH]c(=O)c2cc(S(=O)(=O)N3CCc4c(cccc4C(F)(F)F)C3)ccc2[nH]1. The summed E-state index contributed by atoms with van der Waals surface area (Å²) in [5.41, 5.74) is -1.65. The van der Waals surface area contributed by atoms with Crippen molar-refractivity contribution < 1.29 is 21.6 Å². The van der Waals surface area contributed by atoms with Gasteiger partial charge in [-0.3, -0.25) is 9.78 Å². The average Bonchev–Trinajstić information content (AvgIpc) is 2.65. The molecule has 0 aliphatic carbocycles. The van der Waals surface area contributed by atoms with Crippen molar-refractivity contribution in [2.45, 2.75) is 24.0 Å². The predicted octanol–water partition coefficient (Wildman–Crippen LogP) is 1.98. The number of aromatic nitrogens is 2. The van der Waals surface area contributed by atoms with E-state index in [9.17, 15) is 31.2 Å². The Kier molecular flexibility index (Phi) is 4.39. The highest BCUT2D eigenvalue weighted by molar-refractivity contribution is 7.89. The molecule has 0 saturated heterocycles. The van der Waals surface area contributed by atoms with Gasteiger partial charge in [0, 0.05) is 13.1 Å². The molecule has 2 aromatic carbocycles. The number of fused-ring (bicyclic) bond motifs is 2. The van der Waals surface area contributed by atoms with Gasteiger partial charge in [0.1, 0.15) is 0 Å². The summed E-state index contributed by atoms with van der Waals surface area (Å²) in [6.45, 7) is -0.329. The molecular weight excluding hydrogens is 411 g/mol. The summed E-state index contributed by atoms with van der Waals surface area (Å²) in [5.74, 6) is 0. The lowest BCUT2D eigenvalue weighted by atomic mass is 9.95. The second kappa shape index (κ2) is 6.56. The van der Waals surface area contributed by atoms with Crippen molar-refractivity contribution in [3.05, 3.63) is 73.9 Å². The summed E-state index contributed by atoms with van der Waals surface area (Å²) in [5, 5.41) is -0.0116. The quantitative estimate of drug-likeness (QED) is 0.655. The standard InChI is InChI=1S/C18H14F3N3O4S/c19-18(20,21)14-3-1-2-10-9-24(7-6-12(10)14)29(27,28)11-4-5-15-13(8-11)16(25)23-17(26)22-15/h1-5,8H,6-7,9H2,(H2,22,23,25,26). The van der Waals surface area contributed by atoms with Gasteiger partial charge in [0.2, 0.25) is 10.0 Å². The van der Waals surface area contributed by atoms with Crippen molar-refractivity contribution in [1.82, 2.24) is 14.3 Å². The first-order valence-corrected chi connectivity index (χ1v) is 9.96. The zero-order valence-corrected chi connectivity index (χ0v) is 15.5. The van der Waals surface area contributed by atoms with E-state index in [1.165, 1.54) is 24.3 Å². The Labute approximate surface area is 161 Å². The molecule has 2 N–H and O–H groups in total. The first-order chi connectivity index (χ1) is 13.6. The van der Waals surface area contributed by atoms with Crippen LogP contribution in [0.3, 0.4) is 0 Å². The molecule has 0 saturated carbocycles. The molecule has 1 aromatic heterocycles. The summed E-state index contributed by atoms with van der Waals surface area (Å²) in [6.07, 6.45) is -4.59. The topological polar surface area (TPSA) is 103 Å². The highest BCUT2D eigenvalue weighted by Crippen LogP contribution is 2.36. The molecule has 29 heavy (non-hydrogen) atoms. The molecule has 0 radical (unpaired) electrons. The minimum absolute atomic E-state index is 0.0116. The molecule has 1 aliphatic rings. The summed E-state index contributed by atoms with van der Waals surface area (Å²) in [4.78, 5) is 27.5. The number of benzene rings is 2. The number of nitrogens with one attached hydrogen (secondary N) is 2. The van der Waals surface area contributed by atoms with Gasteiger partial charge in [-0.25, -0.2) is 13.2 Å². The Morgan fingerprint density at radius 1 is 1.03 bits per heavy atom. The van der Waals surface area contributed by atoms with Gasteiger partial charge in [0.05, 0.1) is 21.4 Å². The summed E-state index contributed by atoms with van der Waals surface area (Å²) < 4.78 is 66.7. The normalized spacial score (nSPS) is 15.4. The molecule has 0 unspecified atom stereocenters. The van der Waals surface area contributed by atoms with E-state index in [0.717, 1.165) is 16.4 Å². The van der Waals surface area contributed by atoms with Crippen LogP contribution in [0.5, 0.6) is 0 Å². The fraction of sp³-hybridized carbons (Fsp3) is 0.222. The number of hydrogen-bond donors (Lipinski definition) is 2. The Balaban J connectivity index is 1.74. The van der Waals surface area contributed by atoms with Crippen molar-refractivity contribution in [3.63, 3.8) is 0 Å². The lowest BCUT2D eigenvalue weighted by Gasteiger charge is -2.29. The van der Waals surface area contributed by atoms with Crippen LogP contribution in [-0.4, -0.2) is 29.2 Å². The number of alkyl halides is 3. The molecule has 152 valence electrons. The monoisotopic (exact) mass is 425 g/mol. The van der Waals surface area contributed by atoms with Gasteiger partial charge in [-0.15, -0.1) is 0 Å². The van der Waals surface area contributed by atoms with E-state index in [-0.39, 0.29) is 46.4 Å². The maximum Gasteiger partial charge on any atom is 0.416 e. The fourth-order valence-electron chi connectivity index (χ4n) is 3.51. The third kappa shape index (κ3) is 3.36. The number of sulfonamides is 1. The van der Waals surface area contributed by atoms with Gasteiger partial charge in [0.15, 0.2) is 0 Å². The van der Waals surface area contributed by atoms with Crippen molar-refractivity contribution in [1.29, 1.82) is 0 Å². The minimum Gasteiger partial charge on any atom is -0.307 e. The lowest BCUT2D eigenvalue weighted by molar-refractivity contribution is -0.138. The molecule has 0 bridgehead atoms. The van der Waals surface area contributed by atoms with Crippen LogP contribution in [-0.2, 0) is 29.2 Å². The second-order valence-electron chi connectivity index (χ2n) is 6.65. The van der Waals surface area contributed by atoms with E-state index in [2.05, 4.69) is 4.98 Å². The van der Waals surface area contributed by atoms with Crippen LogP contribution < -0.4 is 11.2 Å². The minimum atomic E-state index is -4.51. The summed E-state index contributed by atoms with van der Waals surface area (Å²) >= 11 is 0. The maximum absolute atomic E-state index is 13.2. The molecule has 7 nitrogen and oxygen atoms in total. The fourth-order valence-corrected chi connectivity index (χ4v) is 4.95. The summed E-state index contributed by atoms with van der Waals surface area (Å²) in [6, 6.07) is 7.40. The van der Waals surface area contributed by atoms with Crippen LogP contribution in [0.25, 0.3) is 10.9 Å². The first-order valence-electron chi connectivity index (χ1n) is 8.52. The lowest BCUT2D eigenvalue weighted by Crippen LogP contribution is -2.37. The van der Waals surface area contributed by atoms with E-state index in [1.807, 2.05) is 4.98 Å². The van der Waals surface area contributed by atoms with Crippen LogP contribution in [0.1, 0.15) is 16.7 Å². The largest absolute Gasteiger partial charge is 0.416 e. The van der Waals surface area contributed by atoms with Crippen molar-refractivity contribution in [2.24, 2.45) is 0 Å². The van der Waals surface area contributed by atoms with Crippen molar-refractivity contribution >= 4 is 20.9 Å². The Hall–Kier alpha value is -2.92. The molecule has 4 rings (SSSR count). The van der Waals surface area contributed by atoms with Gasteiger partial charge in [0.25, 0.3) is 5.56 Å². The highest BCUT2D eigenvalue weighted by atomic mass is 32.2. The third-order valence-corrected chi connectivity index (χ3v) is 6.73. The number of aromatic amines is 2. The molecule has 0 fully saturated rings. The van der Waals surface area contributed by atoms with Gasteiger partial charge < -0.3 is 4.98 Å². The number of rotatable bonds is 2. The van der Waals surface area contributed by atoms with Gasteiger partial charge in [-0.2, -0.15) is 17.5 Å². The van der Waals surface area contributed by atoms with Crippen LogP contribution in [0, 0.1) is 0 Å². The zero-order chi connectivity index (χ0) is 21.0. The Bertz CT molecular complexity index is 1340. The number of nitrogens with zero attached hydrogens (tertiary/aromatic N) is 1. The Morgan fingerprint density at radius 3 is 2.52 bits per heavy atom.